The molecule has 0 aliphatic heterocycles. The molecule has 2 aromatic heterocycles. The van der Waals surface area contributed by atoms with Gasteiger partial charge in [0.15, 0.2) is 5.82 Å². The van der Waals surface area contributed by atoms with Gasteiger partial charge in [-0.3, -0.25) is 14.3 Å². The highest BCUT2D eigenvalue weighted by Gasteiger charge is 2.26. The van der Waals surface area contributed by atoms with E-state index in [2.05, 4.69) is 15.7 Å². The third-order valence-corrected chi connectivity index (χ3v) is 5.50. The van der Waals surface area contributed by atoms with Crippen LogP contribution in [0.5, 0.6) is 0 Å². The minimum Gasteiger partial charge on any atom is -0.481 e. The predicted octanol–water partition coefficient (Wildman–Crippen LogP) is 3.96. The van der Waals surface area contributed by atoms with Crippen LogP contribution in [0, 0.1) is 5.92 Å². The van der Waals surface area contributed by atoms with Crippen molar-refractivity contribution >= 4 is 34.4 Å². The van der Waals surface area contributed by atoms with Crippen molar-refractivity contribution in [3.8, 4) is 11.5 Å². The van der Waals surface area contributed by atoms with Gasteiger partial charge in [0, 0.05) is 44.7 Å². The number of halogens is 1. The molecule has 0 amide bonds. The molecular formula is C22H30ClN5O4. The first-order valence-corrected chi connectivity index (χ1v) is 10.8. The summed E-state index contributed by atoms with van der Waals surface area (Å²) in [4.78, 5) is 22.6. The molecule has 1 aliphatic carbocycles. The highest BCUT2D eigenvalue weighted by atomic mass is 35.5. The largest absolute Gasteiger partial charge is 0.481 e. The van der Waals surface area contributed by atoms with Crippen molar-refractivity contribution < 1.29 is 19.8 Å². The molecule has 1 aliphatic rings. The standard InChI is InChI=1S/C18H22ClN5.2C2H4O2/c1-23-15-7-3-6-14(19)16(15)17(22-23)18-21-8-9-24(18)13-5-2-4-12(10-13)11-20;2*1-2(3)4/h3,6-9,12-13H,2,4-5,10-11,20H2,1H3;2*1H3,(H,3,4)/t12-,13+;;/m0../s1. The highest BCUT2D eigenvalue weighted by molar-refractivity contribution is 6.36. The Hall–Kier alpha value is -2.91. The quantitative estimate of drug-likeness (QED) is 0.534. The topological polar surface area (TPSA) is 136 Å². The zero-order valence-electron chi connectivity index (χ0n) is 18.5. The van der Waals surface area contributed by atoms with Crippen molar-refractivity contribution in [1.82, 2.24) is 19.3 Å². The summed E-state index contributed by atoms with van der Waals surface area (Å²) in [6, 6.07) is 6.34. The van der Waals surface area contributed by atoms with Gasteiger partial charge in [-0.1, -0.05) is 24.1 Å². The Balaban J connectivity index is 0.000000395. The molecule has 2 atom stereocenters. The fraction of sp³-hybridized carbons (Fsp3) is 0.455. The third kappa shape index (κ3) is 6.54. The number of fused-ring (bicyclic) bond motifs is 1. The van der Waals surface area contributed by atoms with Crippen molar-refractivity contribution in [3.63, 3.8) is 0 Å². The Morgan fingerprint density at radius 2 is 1.88 bits per heavy atom. The average Bonchev–Trinajstić information content (AvgIpc) is 3.33. The van der Waals surface area contributed by atoms with Crippen LogP contribution in [0.1, 0.15) is 45.6 Å². The van der Waals surface area contributed by atoms with Gasteiger partial charge in [-0.15, -0.1) is 0 Å². The van der Waals surface area contributed by atoms with Gasteiger partial charge >= 0.3 is 0 Å². The molecule has 0 radical (unpaired) electrons. The zero-order valence-corrected chi connectivity index (χ0v) is 19.3. The average molecular weight is 464 g/mol. The lowest BCUT2D eigenvalue weighted by atomic mass is 9.85. The van der Waals surface area contributed by atoms with E-state index in [1.807, 2.05) is 36.1 Å². The Labute approximate surface area is 191 Å². The first kappa shape index (κ1) is 25.4. The van der Waals surface area contributed by atoms with Crippen molar-refractivity contribution in [2.45, 2.75) is 45.6 Å². The molecule has 1 aromatic carbocycles. The minimum atomic E-state index is -0.833. The van der Waals surface area contributed by atoms with Crippen molar-refractivity contribution in [1.29, 1.82) is 0 Å². The number of carboxylic acids is 2. The van der Waals surface area contributed by atoms with E-state index in [1.165, 1.54) is 19.3 Å². The van der Waals surface area contributed by atoms with Crippen molar-refractivity contribution in [2.75, 3.05) is 6.54 Å². The summed E-state index contributed by atoms with van der Waals surface area (Å²) in [7, 11) is 1.94. The molecule has 1 fully saturated rings. The van der Waals surface area contributed by atoms with Gasteiger partial charge in [0.2, 0.25) is 0 Å². The molecule has 3 aromatic rings. The van der Waals surface area contributed by atoms with E-state index < -0.39 is 11.9 Å². The summed E-state index contributed by atoms with van der Waals surface area (Å²) in [5.74, 6) is -0.167. The Morgan fingerprint density at radius 3 is 2.50 bits per heavy atom. The number of aliphatic carboxylic acids is 2. The maximum atomic E-state index is 9.00. The van der Waals surface area contributed by atoms with Gasteiger partial charge in [-0.25, -0.2) is 4.98 Å². The molecular weight excluding hydrogens is 434 g/mol. The summed E-state index contributed by atoms with van der Waals surface area (Å²) in [6.45, 7) is 2.93. The lowest BCUT2D eigenvalue weighted by Crippen LogP contribution is -2.24. The maximum absolute atomic E-state index is 9.00. The molecule has 4 rings (SSSR count). The first-order chi connectivity index (χ1) is 15.1. The fourth-order valence-corrected chi connectivity index (χ4v) is 4.21. The number of imidazole rings is 1. The van der Waals surface area contributed by atoms with Crippen LogP contribution in [-0.4, -0.2) is 48.0 Å². The van der Waals surface area contributed by atoms with Crippen LogP contribution < -0.4 is 5.73 Å². The molecule has 1 saturated carbocycles. The Bertz CT molecular complexity index is 1040. The maximum Gasteiger partial charge on any atom is 0.300 e. The minimum absolute atomic E-state index is 0.435. The molecule has 174 valence electrons. The number of carboxylic acid groups (broad SMARTS) is 2. The van der Waals surface area contributed by atoms with E-state index in [1.54, 1.807) is 0 Å². The second kappa shape index (κ2) is 11.6. The number of hydrogen-bond donors (Lipinski definition) is 3. The second-order valence-electron chi connectivity index (χ2n) is 7.72. The van der Waals surface area contributed by atoms with E-state index in [0.717, 1.165) is 49.2 Å². The van der Waals surface area contributed by atoms with Crippen LogP contribution in [0.3, 0.4) is 0 Å². The smallest absolute Gasteiger partial charge is 0.300 e. The summed E-state index contributed by atoms with van der Waals surface area (Å²) in [5, 5.41) is 21.2. The lowest BCUT2D eigenvalue weighted by Gasteiger charge is -2.30. The lowest BCUT2D eigenvalue weighted by molar-refractivity contribution is -0.135. The van der Waals surface area contributed by atoms with Gasteiger partial charge in [-0.05, 0) is 43.9 Å². The van der Waals surface area contributed by atoms with E-state index in [4.69, 9.17) is 42.2 Å². The van der Waals surface area contributed by atoms with E-state index >= 15 is 0 Å². The molecule has 0 unspecified atom stereocenters. The number of aryl methyl sites for hydroxylation is 1. The van der Waals surface area contributed by atoms with Gasteiger partial charge in [0.25, 0.3) is 11.9 Å². The zero-order chi connectivity index (χ0) is 23.8. The third-order valence-electron chi connectivity index (χ3n) is 5.19. The van der Waals surface area contributed by atoms with Crippen LogP contribution in [-0.2, 0) is 16.6 Å². The molecule has 4 N–H and O–H groups in total. The van der Waals surface area contributed by atoms with Crippen LogP contribution >= 0.6 is 11.6 Å². The second-order valence-corrected chi connectivity index (χ2v) is 8.13. The van der Waals surface area contributed by atoms with Crippen molar-refractivity contribution in [3.05, 3.63) is 35.6 Å². The Kier molecular flexibility index (Phi) is 9.22. The number of benzene rings is 1. The summed E-state index contributed by atoms with van der Waals surface area (Å²) in [6.07, 6.45) is 8.65. The number of hydrogen-bond acceptors (Lipinski definition) is 5. The number of carbonyl (C=O) groups is 2. The fourth-order valence-electron chi connectivity index (χ4n) is 3.95. The summed E-state index contributed by atoms with van der Waals surface area (Å²) < 4.78 is 4.14. The SMILES string of the molecule is CC(=O)O.CC(=O)O.Cn1nc(-c2nccn2[C@@H]2CCC[C@H](CN)C2)c2c(Cl)cccc21. The van der Waals surface area contributed by atoms with Crippen molar-refractivity contribution in [2.24, 2.45) is 18.7 Å². The van der Waals surface area contributed by atoms with Crippen LogP contribution in [0.4, 0.5) is 0 Å². The van der Waals surface area contributed by atoms with E-state index in [9.17, 15) is 0 Å². The van der Waals surface area contributed by atoms with Crippen LogP contribution in [0.2, 0.25) is 5.02 Å². The van der Waals surface area contributed by atoms with E-state index in [-0.39, 0.29) is 0 Å². The number of nitrogens with two attached hydrogens (primary N) is 1. The van der Waals surface area contributed by atoms with Gasteiger partial charge in [0.1, 0.15) is 5.69 Å². The van der Waals surface area contributed by atoms with Gasteiger partial charge in [-0.2, -0.15) is 5.10 Å². The van der Waals surface area contributed by atoms with Gasteiger partial charge in [0.05, 0.1) is 10.5 Å². The molecule has 0 saturated heterocycles. The predicted molar refractivity (Wildman–Crippen MR) is 124 cm³/mol. The van der Waals surface area contributed by atoms with Crippen LogP contribution in [0.15, 0.2) is 30.6 Å². The monoisotopic (exact) mass is 463 g/mol. The molecule has 9 nitrogen and oxygen atoms in total. The first-order valence-electron chi connectivity index (χ1n) is 10.4. The molecule has 0 spiro atoms. The summed E-state index contributed by atoms with van der Waals surface area (Å²) >= 11 is 6.47. The Morgan fingerprint density at radius 1 is 1.22 bits per heavy atom. The summed E-state index contributed by atoms with van der Waals surface area (Å²) in [5.41, 5.74) is 7.79. The normalized spacial score (nSPS) is 17.7. The van der Waals surface area contributed by atoms with E-state index in [0.29, 0.717) is 17.0 Å². The molecule has 0 bridgehead atoms. The number of aromatic nitrogens is 4. The van der Waals surface area contributed by atoms with Crippen LogP contribution in [0.25, 0.3) is 22.4 Å². The molecule has 10 heteroatoms. The number of nitrogens with zero attached hydrogens (tertiary/aromatic N) is 4. The molecule has 2 heterocycles. The van der Waals surface area contributed by atoms with Gasteiger partial charge < -0.3 is 20.5 Å². The molecule has 32 heavy (non-hydrogen) atoms. The number of rotatable bonds is 3. The highest BCUT2D eigenvalue weighted by Crippen LogP contribution is 2.37.